The summed E-state index contributed by atoms with van der Waals surface area (Å²) in [6, 6.07) is 5.58. The van der Waals surface area contributed by atoms with Crippen LogP contribution in [0.25, 0.3) is 0 Å². The maximum Gasteiger partial charge on any atom is 0.573 e. The van der Waals surface area contributed by atoms with Crippen LogP contribution >= 0.6 is 24.0 Å². The van der Waals surface area contributed by atoms with Gasteiger partial charge < -0.3 is 15.4 Å². The molecule has 0 spiro atoms. The minimum Gasteiger partial charge on any atom is -0.405 e. The molecule has 1 aromatic carbocycles. The van der Waals surface area contributed by atoms with Crippen LogP contribution in [0, 0.1) is 0 Å². The van der Waals surface area contributed by atoms with Crippen molar-refractivity contribution < 1.29 is 31.1 Å². The van der Waals surface area contributed by atoms with Crippen molar-refractivity contribution in [1.29, 1.82) is 0 Å². The molecule has 0 aromatic heterocycles. The Hall–Kier alpha value is -1.40. The number of hydrogen-bond donors (Lipinski definition) is 2. The minimum absolute atomic E-state index is 0. The van der Waals surface area contributed by atoms with Gasteiger partial charge in [0.15, 0.2) is 5.96 Å². The molecule has 26 heavy (non-hydrogen) atoms. The maximum atomic E-state index is 12.4. The molecule has 0 radical (unpaired) electrons. The van der Waals surface area contributed by atoms with Crippen molar-refractivity contribution in [2.24, 2.45) is 4.99 Å². The number of benzene rings is 1. The van der Waals surface area contributed by atoms with Crippen molar-refractivity contribution in [3.05, 3.63) is 29.8 Å². The first-order valence-corrected chi connectivity index (χ1v) is 7.47. The van der Waals surface area contributed by atoms with Gasteiger partial charge in [0.2, 0.25) is 0 Å². The van der Waals surface area contributed by atoms with Crippen LogP contribution < -0.4 is 15.4 Å². The zero-order valence-electron chi connectivity index (χ0n) is 13.6. The topological polar surface area (TPSA) is 45.7 Å². The Morgan fingerprint density at radius 2 is 1.85 bits per heavy atom. The summed E-state index contributed by atoms with van der Waals surface area (Å²) in [4.78, 5) is 3.81. The Kier molecular flexibility index (Phi) is 7.84. The van der Waals surface area contributed by atoms with Gasteiger partial charge in [-0.3, -0.25) is 4.99 Å². The van der Waals surface area contributed by atoms with Crippen molar-refractivity contribution >= 4 is 29.9 Å². The van der Waals surface area contributed by atoms with Crippen molar-refractivity contribution in [2.75, 3.05) is 13.6 Å². The number of hydrogen-bond acceptors (Lipinski definition) is 2. The molecule has 1 fully saturated rings. The zero-order chi connectivity index (χ0) is 18.7. The van der Waals surface area contributed by atoms with Crippen LogP contribution in [0.4, 0.5) is 26.3 Å². The number of guanidine groups is 1. The molecular weight excluding hydrogens is 479 g/mol. The second-order valence-electron chi connectivity index (χ2n) is 5.54. The minimum atomic E-state index is -4.79. The molecular formula is C15H18F6IN3O. The number of rotatable bonds is 5. The molecule has 2 unspecified atom stereocenters. The van der Waals surface area contributed by atoms with Gasteiger partial charge in [-0.15, -0.1) is 37.1 Å². The van der Waals surface area contributed by atoms with Gasteiger partial charge in [0.1, 0.15) is 5.75 Å². The molecule has 1 saturated carbocycles. The number of ether oxygens (including phenoxy) is 1. The Morgan fingerprint density at radius 1 is 1.19 bits per heavy atom. The first kappa shape index (κ1) is 22.6. The van der Waals surface area contributed by atoms with E-state index in [4.69, 9.17) is 0 Å². The van der Waals surface area contributed by atoms with Crippen molar-refractivity contribution in [3.63, 3.8) is 0 Å². The van der Waals surface area contributed by atoms with E-state index in [2.05, 4.69) is 20.4 Å². The maximum absolute atomic E-state index is 12.4. The van der Waals surface area contributed by atoms with Crippen LogP contribution in [0.5, 0.6) is 5.75 Å². The first-order chi connectivity index (χ1) is 11.6. The monoisotopic (exact) mass is 497 g/mol. The van der Waals surface area contributed by atoms with E-state index in [9.17, 15) is 26.3 Å². The van der Waals surface area contributed by atoms with E-state index in [1.165, 1.54) is 25.2 Å². The molecule has 2 rings (SSSR count). The zero-order valence-corrected chi connectivity index (χ0v) is 15.9. The van der Waals surface area contributed by atoms with Gasteiger partial charge in [0.25, 0.3) is 0 Å². The molecule has 0 heterocycles. The van der Waals surface area contributed by atoms with E-state index in [-0.39, 0.29) is 54.2 Å². The van der Waals surface area contributed by atoms with E-state index >= 15 is 0 Å². The predicted molar refractivity (Wildman–Crippen MR) is 94.9 cm³/mol. The SMILES string of the molecule is CN=C(NCCC(F)(F)F)NC1CC1c1ccccc1OC(F)(F)F.I. The molecule has 1 aromatic rings. The molecule has 1 aliphatic rings. The second-order valence-corrected chi connectivity index (χ2v) is 5.54. The van der Waals surface area contributed by atoms with Crippen LogP contribution in [0.1, 0.15) is 24.3 Å². The van der Waals surface area contributed by atoms with E-state index in [0.29, 0.717) is 12.0 Å². The molecule has 11 heteroatoms. The van der Waals surface area contributed by atoms with E-state index in [1.807, 2.05) is 0 Å². The van der Waals surface area contributed by atoms with Gasteiger partial charge in [0, 0.05) is 25.6 Å². The van der Waals surface area contributed by atoms with Crippen molar-refractivity contribution in [2.45, 2.75) is 37.3 Å². The number of nitrogens with zero attached hydrogens (tertiary/aromatic N) is 1. The van der Waals surface area contributed by atoms with Crippen LogP contribution in [-0.4, -0.2) is 38.1 Å². The molecule has 2 atom stereocenters. The Balaban J connectivity index is 0.00000338. The molecule has 0 amide bonds. The van der Waals surface area contributed by atoms with Crippen LogP contribution in [-0.2, 0) is 0 Å². The van der Waals surface area contributed by atoms with E-state index < -0.39 is 19.0 Å². The molecule has 1 aliphatic carbocycles. The highest BCUT2D eigenvalue weighted by molar-refractivity contribution is 14.0. The second kappa shape index (κ2) is 9.00. The average Bonchev–Trinajstić information content (AvgIpc) is 3.23. The third kappa shape index (κ3) is 7.46. The Labute approximate surface area is 163 Å². The van der Waals surface area contributed by atoms with Gasteiger partial charge in [-0.1, -0.05) is 18.2 Å². The summed E-state index contributed by atoms with van der Waals surface area (Å²) < 4.78 is 77.8. The molecule has 4 nitrogen and oxygen atoms in total. The van der Waals surface area contributed by atoms with Gasteiger partial charge in [0.05, 0.1) is 6.42 Å². The van der Waals surface area contributed by atoms with Gasteiger partial charge in [-0.25, -0.2) is 0 Å². The highest BCUT2D eigenvalue weighted by Crippen LogP contribution is 2.45. The Morgan fingerprint density at radius 3 is 2.42 bits per heavy atom. The fraction of sp³-hybridized carbons (Fsp3) is 0.533. The average molecular weight is 497 g/mol. The number of halogens is 7. The quantitative estimate of drug-likeness (QED) is 0.278. The number of aliphatic imine (C=N–C) groups is 1. The summed E-state index contributed by atoms with van der Waals surface area (Å²) in [5.74, 6) is -0.338. The fourth-order valence-electron chi connectivity index (χ4n) is 2.40. The van der Waals surface area contributed by atoms with Gasteiger partial charge in [-0.05, 0) is 18.1 Å². The third-order valence-electron chi connectivity index (χ3n) is 3.58. The molecule has 0 saturated heterocycles. The molecule has 148 valence electrons. The smallest absolute Gasteiger partial charge is 0.405 e. The normalized spacial score (nSPS) is 20.2. The lowest BCUT2D eigenvalue weighted by molar-refractivity contribution is -0.274. The lowest BCUT2D eigenvalue weighted by Crippen LogP contribution is -2.40. The highest BCUT2D eigenvalue weighted by atomic mass is 127. The largest absolute Gasteiger partial charge is 0.573 e. The Bertz CT molecular complexity index is 620. The van der Waals surface area contributed by atoms with Crippen molar-refractivity contribution in [3.8, 4) is 5.75 Å². The number of alkyl halides is 6. The predicted octanol–water partition coefficient (Wildman–Crippen LogP) is 4.18. The number of para-hydroxylation sites is 1. The van der Waals surface area contributed by atoms with E-state index in [0.717, 1.165) is 0 Å². The standard InChI is InChI=1S/C15H17F6N3O.HI/c1-22-13(23-7-6-14(16,17)18)24-11-8-10(11)9-4-2-3-5-12(9)25-15(19,20)21;/h2-5,10-11H,6-8H2,1H3,(H2,22,23,24);1H. The summed E-state index contributed by atoms with van der Waals surface area (Å²) in [5.41, 5.74) is 0.392. The number of nitrogens with one attached hydrogen (secondary N) is 2. The molecule has 0 aliphatic heterocycles. The van der Waals surface area contributed by atoms with Gasteiger partial charge >= 0.3 is 12.5 Å². The fourth-order valence-corrected chi connectivity index (χ4v) is 2.40. The lowest BCUT2D eigenvalue weighted by Gasteiger charge is -2.15. The highest BCUT2D eigenvalue weighted by Gasteiger charge is 2.42. The molecule has 0 bridgehead atoms. The van der Waals surface area contributed by atoms with Gasteiger partial charge in [-0.2, -0.15) is 13.2 Å². The summed E-state index contributed by atoms with van der Waals surface area (Å²) in [5, 5.41) is 5.43. The van der Waals surface area contributed by atoms with Crippen LogP contribution in [0.2, 0.25) is 0 Å². The lowest BCUT2D eigenvalue weighted by atomic mass is 10.1. The van der Waals surface area contributed by atoms with E-state index in [1.54, 1.807) is 6.07 Å². The van der Waals surface area contributed by atoms with Crippen LogP contribution in [0.15, 0.2) is 29.3 Å². The van der Waals surface area contributed by atoms with Crippen molar-refractivity contribution in [1.82, 2.24) is 10.6 Å². The summed E-state index contributed by atoms with van der Waals surface area (Å²) >= 11 is 0. The third-order valence-corrected chi connectivity index (χ3v) is 3.58. The first-order valence-electron chi connectivity index (χ1n) is 7.47. The molecule has 2 N–H and O–H groups in total. The summed E-state index contributed by atoms with van der Waals surface area (Å²) in [6.07, 6.45) is -9.55. The summed E-state index contributed by atoms with van der Waals surface area (Å²) in [6.45, 7) is -0.339. The van der Waals surface area contributed by atoms with Crippen LogP contribution in [0.3, 0.4) is 0 Å². The summed E-state index contributed by atoms with van der Waals surface area (Å²) in [7, 11) is 1.40.